The molecule has 0 saturated heterocycles. The molecule has 102 valence electrons. The Kier molecular flexibility index (Phi) is 4.50. The Morgan fingerprint density at radius 2 is 1.55 bits per heavy atom. The maximum absolute atomic E-state index is 12.3. The highest BCUT2D eigenvalue weighted by atomic mass is 16.2. The van der Waals surface area contributed by atoms with E-state index < -0.39 is 0 Å². The van der Waals surface area contributed by atoms with Gasteiger partial charge in [0.05, 0.1) is 5.69 Å². The molecule has 0 aliphatic carbocycles. The lowest BCUT2D eigenvalue weighted by atomic mass is 10.1. The van der Waals surface area contributed by atoms with Crippen molar-refractivity contribution in [3.8, 4) is 0 Å². The number of nitrogens with two attached hydrogens (primary N) is 1. The number of guanidine groups is 1. The number of nitrogens with zero attached hydrogens (tertiary/aromatic N) is 1. The number of aryl methyl sites for hydroxylation is 1. The number of benzene rings is 2. The highest BCUT2D eigenvalue weighted by molar-refractivity contribution is 6.14. The van der Waals surface area contributed by atoms with Gasteiger partial charge in [0.15, 0.2) is 5.96 Å². The molecule has 2 aromatic carbocycles. The molecule has 4 heteroatoms. The third-order valence-electron chi connectivity index (χ3n) is 2.98. The van der Waals surface area contributed by atoms with Gasteiger partial charge in [0.25, 0.3) is 0 Å². The van der Waals surface area contributed by atoms with Gasteiger partial charge < -0.3 is 5.73 Å². The Hall–Kier alpha value is -2.62. The smallest absolute Gasteiger partial charge is 0.234 e. The van der Waals surface area contributed by atoms with Crippen LogP contribution in [-0.2, 0) is 11.2 Å². The average Bonchev–Trinajstić information content (AvgIpc) is 2.47. The summed E-state index contributed by atoms with van der Waals surface area (Å²) in [6, 6.07) is 18.8. The summed E-state index contributed by atoms with van der Waals surface area (Å²) in [6.07, 6.45) is 0.953. The van der Waals surface area contributed by atoms with E-state index in [0.717, 1.165) is 5.56 Å². The zero-order valence-corrected chi connectivity index (χ0v) is 11.1. The standard InChI is InChI=1S/C16H17N3O/c17-16(18)19(14-9-5-2-6-10-14)15(20)12-11-13-7-3-1-4-8-13/h1-10H,11-12H2,(H3,17,18). The molecule has 3 N–H and O–H groups in total. The summed E-state index contributed by atoms with van der Waals surface area (Å²) >= 11 is 0. The van der Waals surface area contributed by atoms with Crippen molar-refractivity contribution in [2.75, 3.05) is 4.90 Å². The van der Waals surface area contributed by atoms with Crippen LogP contribution in [0.2, 0.25) is 0 Å². The average molecular weight is 267 g/mol. The van der Waals surface area contributed by atoms with E-state index in [9.17, 15) is 4.79 Å². The Morgan fingerprint density at radius 1 is 1.00 bits per heavy atom. The molecule has 0 fully saturated rings. The van der Waals surface area contributed by atoms with Gasteiger partial charge >= 0.3 is 0 Å². The van der Waals surface area contributed by atoms with Gasteiger partial charge in [-0.1, -0.05) is 48.5 Å². The minimum absolute atomic E-state index is 0.174. The Balaban J connectivity index is 2.07. The Labute approximate surface area is 118 Å². The van der Waals surface area contributed by atoms with Gasteiger partial charge in [-0.05, 0) is 24.1 Å². The second-order valence-electron chi connectivity index (χ2n) is 4.44. The van der Waals surface area contributed by atoms with Crippen molar-refractivity contribution in [3.05, 3.63) is 66.2 Å². The fraction of sp³-hybridized carbons (Fsp3) is 0.125. The van der Waals surface area contributed by atoms with Crippen molar-refractivity contribution in [2.24, 2.45) is 5.73 Å². The van der Waals surface area contributed by atoms with E-state index in [1.54, 1.807) is 12.1 Å². The minimum atomic E-state index is -0.255. The first kappa shape index (κ1) is 13.8. The molecule has 20 heavy (non-hydrogen) atoms. The lowest BCUT2D eigenvalue weighted by molar-refractivity contribution is -0.117. The first-order valence-corrected chi connectivity index (χ1v) is 6.44. The van der Waals surface area contributed by atoms with Crippen LogP contribution < -0.4 is 10.6 Å². The lowest BCUT2D eigenvalue weighted by Gasteiger charge is -2.20. The van der Waals surface area contributed by atoms with E-state index >= 15 is 0 Å². The molecule has 2 rings (SSSR count). The normalized spacial score (nSPS) is 10.0. The van der Waals surface area contributed by atoms with Crippen molar-refractivity contribution in [1.82, 2.24) is 0 Å². The second kappa shape index (κ2) is 6.52. The van der Waals surface area contributed by atoms with Crippen molar-refractivity contribution in [1.29, 1.82) is 5.41 Å². The van der Waals surface area contributed by atoms with Crippen LogP contribution in [0.15, 0.2) is 60.7 Å². The fourth-order valence-corrected chi connectivity index (χ4v) is 2.00. The van der Waals surface area contributed by atoms with Crippen LogP contribution in [0.1, 0.15) is 12.0 Å². The fourth-order valence-electron chi connectivity index (χ4n) is 2.00. The SMILES string of the molecule is N=C(N)N(C(=O)CCc1ccccc1)c1ccccc1. The zero-order valence-electron chi connectivity index (χ0n) is 11.1. The minimum Gasteiger partial charge on any atom is -0.369 e. The number of para-hydroxylation sites is 1. The third-order valence-corrected chi connectivity index (χ3v) is 2.98. The molecule has 0 aromatic heterocycles. The molecule has 0 bridgehead atoms. The van der Waals surface area contributed by atoms with E-state index in [1.807, 2.05) is 48.5 Å². The summed E-state index contributed by atoms with van der Waals surface area (Å²) in [4.78, 5) is 13.5. The van der Waals surface area contributed by atoms with Crippen molar-refractivity contribution < 1.29 is 4.79 Å². The quantitative estimate of drug-likeness (QED) is 0.660. The van der Waals surface area contributed by atoms with Gasteiger partial charge in [-0.15, -0.1) is 0 Å². The topological polar surface area (TPSA) is 70.2 Å². The lowest BCUT2D eigenvalue weighted by Crippen LogP contribution is -2.41. The van der Waals surface area contributed by atoms with Gasteiger partial charge in [-0.2, -0.15) is 0 Å². The molecular formula is C16H17N3O. The predicted octanol–water partition coefficient (Wildman–Crippen LogP) is 2.55. The van der Waals surface area contributed by atoms with Crippen LogP contribution in [0.4, 0.5) is 5.69 Å². The van der Waals surface area contributed by atoms with Crippen LogP contribution in [-0.4, -0.2) is 11.9 Å². The molecule has 4 nitrogen and oxygen atoms in total. The zero-order chi connectivity index (χ0) is 14.4. The van der Waals surface area contributed by atoms with E-state index in [1.165, 1.54) is 4.90 Å². The summed E-state index contributed by atoms with van der Waals surface area (Å²) in [6.45, 7) is 0. The highest BCUT2D eigenvalue weighted by Crippen LogP contribution is 2.15. The summed E-state index contributed by atoms with van der Waals surface area (Å²) in [5.74, 6) is -0.429. The summed E-state index contributed by atoms with van der Waals surface area (Å²) in [5.41, 5.74) is 7.25. The largest absolute Gasteiger partial charge is 0.369 e. The maximum Gasteiger partial charge on any atom is 0.234 e. The summed E-state index contributed by atoms with van der Waals surface area (Å²) in [7, 11) is 0. The number of amides is 1. The van der Waals surface area contributed by atoms with E-state index in [0.29, 0.717) is 18.5 Å². The van der Waals surface area contributed by atoms with E-state index in [2.05, 4.69) is 0 Å². The number of nitrogens with one attached hydrogen (secondary N) is 1. The van der Waals surface area contributed by atoms with Crippen LogP contribution in [0.3, 0.4) is 0 Å². The van der Waals surface area contributed by atoms with Gasteiger partial charge in [0.1, 0.15) is 0 Å². The first-order valence-electron chi connectivity index (χ1n) is 6.44. The summed E-state index contributed by atoms with van der Waals surface area (Å²) in [5, 5.41) is 7.59. The summed E-state index contributed by atoms with van der Waals surface area (Å²) < 4.78 is 0. The first-order chi connectivity index (χ1) is 9.68. The molecular weight excluding hydrogens is 250 g/mol. The number of carbonyl (C=O) groups excluding carboxylic acids is 1. The number of carbonyl (C=O) groups is 1. The van der Waals surface area contributed by atoms with Crippen molar-refractivity contribution >= 4 is 17.6 Å². The number of rotatable bonds is 4. The molecule has 0 spiro atoms. The molecule has 2 aromatic rings. The predicted molar refractivity (Wildman–Crippen MR) is 80.6 cm³/mol. The Bertz CT molecular complexity index is 581. The molecule has 0 radical (unpaired) electrons. The molecule has 0 atom stereocenters. The molecule has 0 saturated carbocycles. The molecule has 0 heterocycles. The number of hydrogen-bond donors (Lipinski definition) is 2. The van der Waals surface area contributed by atoms with Gasteiger partial charge in [0, 0.05) is 6.42 Å². The number of anilines is 1. The van der Waals surface area contributed by atoms with Crippen molar-refractivity contribution in [2.45, 2.75) is 12.8 Å². The highest BCUT2D eigenvalue weighted by Gasteiger charge is 2.17. The molecule has 0 aliphatic rings. The third kappa shape index (κ3) is 3.45. The van der Waals surface area contributed by atoms with Gasteiger partial charge in [-0.3, -0.25) is 15.1 Å². The maximum atomic E-state index is 12.3. The van der Waals surface area contributed by atoms with Gasteiger partial charge in [-0.25, -0.2) is 0 Å². The van der Waals surface area contributed by atoms with Gasteiger partial charge in [0.2, 0.25) is 5.91 Å². The molecule has 0 aliphatic heterocycles. The molecule has 1 amide bonds. The van der Waals surface area contributed by atoms with Crippen molar-refractivity contribution in [3.63, 3.8) is 0 Å². The van der Waals surface area contributed by atoms with Crippen LogP contribution in [0.5, 0.6) is 0 Å². The molecule has 0 unspecified atom stereocenters. The van der Waals surface area contributed by atoms with E-state index in [-0.39, 0.29) is 11.9 Å². The van der Waals surface area contributed by atoms with Crippen LogP contribution >= 0.6 is 0 Å². The van der Waals surface area contributed by atoms with Crippen LogP contribution in [0, 0.1) is 5.41 Å². The number of hydrogen-bond acceptors (Lipinski definition) is 2. The van der Waals surface area contributed by atoms with Crippen LogP contribution in [0.25, 0.3) is 0 Å². The second-order valence-corrected chi connectivity index (χ2v) is 4.44. The Morgan fingerprint density at radius 3 is 2.10 bits per heavy atom. The monoisotopic (exact) mass is 267 g/mol. The van der Waals surface area contributed by atoms with E-state index in [4.69, 9.17) is 11.1 Å².